The summed E-state index contributed by atoms with van der Waals surface area (Å²) in [6, 6.07) is 19.9. The summed E-state index contributed by atoms with van der Waals surface area (Å²) in [6.07, 6.45) is -1.74. The molecule has 2 rings (SSSR count). The molecule has 8 nitrogen and oxygen atoms in total. The van der Waals surface area contributed by atoms with Gasteiger partial charge in [-0.3, -0.25) is 0 Å². The zero-order valence-corrected chi connectivity index (χ0v) is 20.9. The third kappa shape index (κ3) is 13.1. The molecule has 0 aliphatic heterocycles. The van der Waals surface area contributed by atoms with E-state index in [4.69, 9.17) is 28.8 Å². The average Bonchev–Trinajstić information content (AvgIpc) is 2.89. The molecular formula is C27H38FNO7. The number of nitrogens with one attached hydrogen (secondary N) is 1. The van der Waals surface area contributed by atoms with Crippen LogP contribution in [-0.2, 0) is 28.5 Å². The predicted octanol–water partition coefficient (Wildman–Crippen LogP) is 3.26. The van der Waals surface area contributed by atoms with Gasteiger partial charge in [0, 0.05) is 6.54 Å². The van der Waals surface area contributed by atoms with Crippen LogP contribution < -0.4 is 5.32 Å². The lowest BCUT2D eigenvalue weighted by molar-refractivity contribution is -0.142. The Bertz CT molecular complexity index is 773. The molecule has 0 aliphatic carbocycles. The van der Waals surface area contributed by atoms with E-state index < -0.39 is 18.2 Å². The smallest absolute Gasteiger partial charge is 0.329 e. The SMILES string of the molecule is CC(OCCOCCOCCOCCOCC(=O)O)C(F)CNC(c1ccccc1)c1ccccc1. The highest BCUT2D eigenvalue weighted by Gasteiger charge is 2.20. The predicted molar refractivity (Wildman–Crippen MR) is 134 cm³/mol. The molecule has 2 unspecified atom stereocenters. The number of benzene rings is 2. The van der Waals surface area contributed by atoms with Gasteiger partial charge in [0.25, 0.3) is 0 Å². The number of aliphatic carboxylic acids is 1. The third-order valence-corrected chi connectivity index (χ3v) is 5.24. The van der Waals surface area contributed by atoms with Crippen molar-refractivity contribution in [2.75, 3.05) is 66.0 Å². The highest BCUT2D eigenvalue weighted by Crippen LogP contribution is 2.22. The topological polar surface area (TPSA) is 95.5 Å². The van der Waals surface area contributed by atoms with Crippen LogP contribution in [0.15, 0.2) is 60.7 Å². The van der Waals surface area contributed by atoms with Crippen molar-refractivity contribution in [3.8, 4) is 0 Å². The lowest BCUT2D eigenvalue weighted by atomic mass is 9.98. The van der Waals surface area contributed by atoms with Gasteiger partial charge >= 0.3 is 5.97 Å². The molecule has 2 aromatic rings. The highest BCUT2D eigenvalue weighted by molar-refractivity contribution is 5.67. The molecule has 0 saturated carbocycles. The van der Waals surface area contributed by atoms with Crippen molar-refractivity contribution >= 4 is 5.97 Å². The standard InChI is InChI=1S/C27H38FNO7/c1-22(36-19-18-34-15-14-32-12-13-33-16-17-35-21-26(30)31)25(28)20-29-27(23-8-4-2-5-9-23)24-10-6-3-7-11-24/h2-11,22,25,27,29H,12-21H2,1H3,(H,30,31). The molecule has 0 amide bonds. The lowest BCUT2D eigenvalue weighted by Gasteiger charge is -2.23. The number of rotatable bonds is 21. The number of carboxylic acids is 1. The van der Waals surface area contributed by atoms with Gasteiger partial charge in [-0.1, -0.05) is 60.7 Å². The van der Waals surface area contributed by atoms with E-state index in [1.54, 1.807) is 6.92 Å². The van der Waals surface area contributed by atoms with Crippen molar-refractivity contribution in [3.05, 3.63) is 71.8 Å². The van der Waals surface area contributed by atoms with E-state index in [2.05, 4.69) is 5.32 Å². The maximum atomic E-state index is 14.8. The Kier molecular flexibility index (Phi) is 15.6. The molecule has 0 heterocycles. The summed E-state index contributed by atoms with van der Waals surface area (Å²) in [7, 11) is 0. The van der Waals surface area contributed by atoms with Crippen LogP contribution in [0, 0.1) is 0 Å². The van der Waals surface area contributed by atoms with Gasteiger partial charge in [0.05, 0.1) is 65.0 Å². The second-order valence-electron chi connectivity index (χ2n) is 8.04. The number of halogens is 1. The minimum atomic E-state index is -1.17. The van der Waals surface area contributed by atoms with Crippen LogP contribution in [0.3, 0.4) is 0 Å². The van der Waals surface area contributed by atoms with Crippen molar-refractivity contribution in [2.24, 2.45) is 0 Å². The Morgan fingerprint density at radius 2 is 1.22 bits per heavy atom. The molecule has 36 heavy (non-hydrogen) atoms. The highest BCUT2D eigenvalue weighted by atomic mass is 19.1. The average molecular weight is 508 g/mol. The third-order valence-electron chi connectivity index (χ3n) is 5.24. The maximum Gasteiger partial charge on any atom is 0.329 e. The van der Waals surface area contributed by atoms with Crippen LogP contribution >= 0.6 is 0 Å². The first-order valence-corrected chi connectivity index (χ1v) is 12.2. The van der Waals surface area contributed by atoms with E-state index in [0.29, 0.717) is 46.2 Å². The van der Waals surface area contributed by atoms with Crippen molar-refractivity contribution in [2.45, 2.75) is 25.2 Å². The van der Waals surface area contributed by atoms with Crippen LogP contribution in [-0.4, -0.2) is 89.4 Å². The van der Waals surface area contributed by atoms with Crippen LogP contribution in [0.4, 0.5) is 4.39 Å². The minimum Gasteiger partial charge on any atom is -0.480 e. The van der Waals surface area contributed by atoms with E-state index in [1.807, 2.05) is 60.7 Å². The van der Waals surface area contributed by atoms with Gasteiger partial charge in [0.1, 0.15) is 12.8 Å². The molecule has 0 aromatic heterocycles. The van der Waals surface area contributed by atoms with Crippen LogP contribution in [0.5, 0.6) is 0 Å². The van der Waals surface area contributed by atoms with Crippen LogP contribution in [0.25, 0.3) is 0 Å². The Balaban J connectivity index is 1.51. The zero-order chi connectivity index (χ0) is 25.8. The second-order valence-corrected chi connectivity index (χ2v) is 8.04. The van der Waals surface area contributed by atoms with Crippen molar-refractivity contribution in [1.82, 2.24) is 5.32 Å². The molecule has 0 bridgehead atoms. The van der Waals surface area contributed by atoms with Gasteiger partial charge in [0.15, 0.2) is 0 Å². The molecule has 0 fully saturated rings. The summed E-state index contributed by atoms with van der Waals surface area (Å²) >= 11 is 0. The molecule has 2 aromatic carbocycles. The number of carboxylic acid groups (broad SMARTS) is 1. The molecule has 0 aliphatic rings. The number of ether oxygens (including phenoxy) is 5. The molecule has 2 atom stereocenters. The van der Waals surface area contributed by atoms with Crippen molar-refractivity contribution in [3.63, 3.8) is 0 Å². The van der Waals surface area contributed by atoms with E-state index in [9.17, 15) is 9.18 Å². The number of alkyl halides is 1. The van der Waals surface area contributed by atoms with Crippen molar-refractivity contribution < 1.29 is 38.0 Å². The normalized spacial score (nSPS) is 13.1. The molecule has 2 N–H and O–H groups in total. The summed E-state index contributed by atoms with van der Waals surface area (Å²) in [5.41, 5.74) is 2.16. The molecule has 0 saturated heterocycles. The van der Waals surface area contributed by atoms with Crippen molar-refractivity contribution in [1.29, 1.82) is 0 Å². The molecular weight excluding hydrogens is 469 g/mol. The zero-order valence-electron chi connectivity index (χ0n) is 20.9. The maximum absolute atomic E-state index is 14.8. The van der Waals surface area contributed by atoms with Gasteiger partial charge in [-0.25, -0.2) is 9.18 Å². The summed E-state index contributed by atoms with van der Waals surface area (Å²) in [5.74, 6) is -1.00. The fourth-order valence-electron chi connectivity index (χ4n) is 3.33. The van der Waals surface area contributed by atoms with Crippen LogP contribution in [0.1, 0.15) is 24.1 Å². The fourth-order valence-corrected chi connectivity index (χ4v) is 3.33. The Hall–Kier alpha value is -2.40. The Labute approximate surface area is 212 Å². The Morgan fingerprint density at radius 3 is 1.69 bits per heavy atom. The van der Waals surface area contributed by atoms with Crippen LogP contribution in [0.2, 0.25) is 0 Å². The summed E-state index contributed by atoms with van der Waals surface area (Å²) in [5, 5.41) is 11.8. The van der Waals surface area contributed by atoms with E-state index in [-0.39, 0.29) is 25.8 Å². The molecule has 200 valence electrons. The summed E-state index contributed by atoms with van der Waals surface area (Å²) < 4.78 is 41.3. The van der Waals surface area contributed by atoms with Gasteiger partial charge in [0.2, 0.25) is 0 Å². The molecule has 0 spiro atoms. The quantitative estimate of drug-likeness (QED) is 0.249. The van der Waals surface area contributed by atoms with Gasteiger partial charge in [-0.05, 0) is 18.1 Å². The van der Waals surface area contributed by atoms with E-state index in [0.717, 1.165) is 11.1 Å². The summed E-state index contributed by atoms with van der Waals surface area (Å²) in [4.78, 5) is 10.3. The first-order chi connectivity index (χ1) is 17.6. The molecule has 0 radical (unpaired) electrons. The largest absolute Gasteiger partial charge is 0.480 e. The number of hydrogen-bond donors (Lipinski definition) is 2. The van der Waals surface area contributed by atoms with Gasteiger partial charge in [-0.2, -0.15) is 0 Å². The lowest BCUT2D eigenvalue weighted by Crippen LogP contribution is -2.36. The Morgan fingerprint density at radius 1 is 0.778 bits per heavy atom. The minimum absolute atomic E-state index is 0.100. The second kappa shape index (κ2) is 18.8. The first-order valence-electron chi connectivity index (χ1n) is 12.2. The van der Waals surface area contributed by atoms with Gasteiger partial charge < -0.3 is 34.1 Å². The fraction of sp³-hybridized carbons (Fsp3) is 0.519. The van der Waals surface area contributed by atoms with E-state index >= 15 is 0 Å². The number of hydrogen-bond acceptors (Lipinski definition) is 7. The first kappa shape index (κ1) is 29.8. The monoisotopic (exact) mass is 507 g/mol. The van der Waals surface area contributed by atoms with Gasteiger partial charge in [-0.15, -0.1) is 0 Å². The number of carbonyl (C=O) groups is 1. The summed E-state index contributed by atoms with van der Waals surface area (Å²) in [6.45, 7) is 4.34. The van der Waals surface area contributed by atoms with E-state index in [1.165, 1.54) is 0 Å². The molecule has 9 heteroatoms.